The summed E-state index contributed by atoms with van der Waals surface area (Å²) in [6.45, 7) is 5.71. The topological polar surface area (TPSA) is 124 Å². The number of fused-ring (bicyclic) bond motifs is 1. The van der Waals surface area contributed by atoms with Crippen molar-refractivity contribution in [1.29, 1.82) is 0 Å². The number of imidazole rings is 1. The number of benzene rings is 1. The second-order valence-electron chi connectivity index (χ2n) is 7.21. The van der Waals surface area contributed by atoms with E-state index >= 15 is 0 Å². The first-order chi connectivity index (χ1) is 13.1. The summed E-state index contributed by atoms with van der Waals surface area (Å²) in [5.41, 5.74) is 7.95. The second-order valence-corrected chi connectivity index (χ2v) is 8.13. The fraction of sp³-hybridized carbons (Fsp3) is 0.278. The lowest BCUT2D eigenvalue weighted by Gasteiger charge is -2.20. The molecule has 28 heavy (non-hydrogen) atoms. The Bertz CT molecular complexity index is 1010. The molecule has 9 nitrogen and oxygen atoms in total. The molecule has 1 aromatic carbocycles. The van der Waals surface area contributed by atoms with Crippen LogP contribution in [0.3, 0.4) is 0 Å². The van der Waals surface area contributed by atoms with Crippen LogP contribution in [0.15, 0.2) is 41.0 Å². The van der Waals surface area contributed by atoms with E-state index in [2.05, 4.69) is 31.3 Å². The van der Waals surface area contributed by atoms with Gasteiger partial charge in [0, 0.05) is 4.47 Å². The van der Waals surface area contributed by atoms with Gasteiger partial charge in [-0.15, -0.1) is 0 Å². The predicted molar refractivity (Wildman–Crippen MR) is 112 cm³/mol. The lowest BCUT2D eigenvalue weighted by atomic mass is 10.2. The molecule has 0 spiro atoms. The molecule has 0 aliphatic carbocycles. The summed E-state index contributed by atoms with van der Waals surface area (Å²) in [5, 5.41) is 8.60. The van der Waals surface area contributed by atoms with Gasteiger partial charge in [-0.3, -0.25) is 5.32 Å². The predicted octanol–water partition coefficient (Wildman–Crippen LogP) is 3.30. The third-order valence-corrected chi connectivity index (χ3v) is 4.13. The van der Waals surface area contributed by atoms with Gasteiger partial charge in [-0.05, 0) is 51.1 Å². The van der Waals surface area contributed by atoms with Gasteiger partial charge < -0.3 is 15.5 Å². The van der Waals surface area contributed by atoms with Crippen LogP contribution in [0.2, 0.25) is 0 Å². The van der Waals surface area contributed by atoms with Crippen LogP contribution in [-0.4, -0.2) is 26.3 Å². The molecule has 2 heterocycles. The van der Waals surface area contributed by atoms with E-state index in [9.17, 15) is 4.79 Å². The number of hydrogen-bond acceptors (Lipinski definition) is 7. The van der Waals surface area contributed by atoms with Crippen molar-refractivity contribution in [3.05, 3.63) is 46.7 Å². The average molecular weight is 448 g/mol. The van der Waals surface area contributed by atoms with Crippen molar-refractivity contribution in [2.45, 2.75) is 32.9 Å². The molecule has 0 saturated carbocycles. The lowest BCUT2D eigenvalue weighted by molar-refractivity contribution is 0.0635. The lowest BCUT2D eigenvalue weighted by Crippen LogP contribution is -2.31. The average Bonchev–Trinajstić information content (AvgIpc) is 2.96. The van der Waals surface area contributed by atoms with Gasteiger partial charge in [-0.1, -0.05) is 15.9 Å². The number of halogens is 1. The Labute approximate surface area is 170 Å². The second kappa shape index (κ2) is 7.64. The first kappa shape index (κ1) is 19.9. The van der Waals surface area contributed by atoms with Gasteiger partial charge in [-0.2, -0.15) is 5.10 Å². The Hall–Kier alpha value is -2.85. The summed E-state index contributed by atoms with van der Waals surface area (Å²) in [6.07, 6.45) is 1.03. The highest BCUT2D eigenvalue weighted by atomic mass is 79.9. The molecule has 0 bridgehead atoms. The van der Waals surface area contributed by atoms with Crippen molar-refractivity contribution < 1.29 is 9.53 Å². The van der Waals surface area contributed by atoms with Crippen LogP contribution < -0.4 is 21.9 Å². The minimum atomic E-state index is -0.590. The first-order valence-corrected chi connectivity index (χ1v) is 9.32. The van der Waals surface area contributed by atoms with E-state index in [1.807, 2.05) is 18.2 Å². The minimum absolute atomic E-state index is 0.337. The molecular weight excluding hydrogens is 426 g/mol. The first-order valence-electron chi connectivity index (χ1n) is 8.53. The standard InChI is InChI=1S/C18H22BrN7O2/c1-18(2,3)28-17(27)23-15-10-26-16(22-15)7-5-12(24-26)9-25(21)14-8-11(19)4-6-13(14)20/h4-8,10H,9,20-21H2,1-3H3,(H,23,27). The van der Waals surface area contributed by atoms with Crippen LogP contribution in [0.5, 0.6) is 0 Å². The van der Waals surface area contributed by atoms with Crippen molar-refractivity contribution in [2.75, 3.05) is 16.1 Å². The molecule has 0 aliphatic rings. The number of aromatic nitrogens is 3. The summed E-state index contributed by atoms with van der Waals surface area (Å²) in [5.74, 6) is 6.51. The quantitative estimate of drug-likeness (QED) is 0.318. The molecule has 10 heteroatoms. The molecule has 0 unspecified atom stereocenters. The SMILES string of the molecule is CC(C)(C)OC(=O)Nc1cn2nc(CN(N)c3cc(Br)ccc3N)ccc2n1. The summed E-state index contributed by atoms with van der Waals surface area (Å²) < 4.78 is 7.67. The van der Waals surface area contributed by atoms with Gasteiger partial charge in [0.2, 0.25) is 0 Å². The molecule has 1 amide bonds. The highest BCUT2D eigenvalue weighted by Gasteiger charge is 2.17. The monoisotopic (exact) mass is 447 g/mol. The number of carbonyl (C=O) groups excluding carboxylic acids is 1. The van der Waals surface area contributed by atoms with Crippen LogP contribution in [0.1, 0.15) is 26.5 Å². The minimum Gasteiger partial charge on any atom is -0.444 e. The maximum atomic E-state index is 11.9. The largest absolute Gasteiger partial charge is 0.444 e. The molecule has 3 rings (SSSR count). The summed E-state index contributed by atoms with van der Waals surface area (Å²) >= 11 is 3.41. The van der Waals surface area contributed by atoms with Crippen molar-refractivity contribution in [3.8, 4) is 0 Å². The Morgan fingerprint density at radius 3 is 2.79 bits per heavy atom. The van der Waals surface area contributed by atoms with E-state index in [0.717, 1.165) is 4.47 Å². The molecule has 2 aromatic heterocycles. The summed E-state index contributed by atoms with van der Waals surface area (Å²) in [6, 6.07) is 9.07. The molecular formula is C18H22BrN7O2. The highest BCUT2D eigenvalue weighted by molar-refractivity contribution is 9.10. The molecule has 5 N–H and O–H groups in total. The van der Waals surface area contributed by atoms with Gasteiger partial charge in [0.25, 0.3) is 0 Å². The fourth-order valence-corrected chi connectivity index (χ4v) is 2.85. The maximum Gasteiger partial charge on any atom is 0.413 e. The number of hydrazine groups is 1. The normalized spacial score (nSPS) is 11.5. The van der Waals surface area contributed by atoms with Gasteiger partial charge in [0.05, 0.1) is 29.8 Å². The maximum absolute atomic E-state index is 11.9. The summed E-state index contributed by atoms with van der Waals surface area (Å²) in [4.78, 5) is 16.2. The summed E-state index contributed by atoms with van der Waals surface area (Å²) in [7, 11) is 0. The van der Waals surface area contributed by atoms with Crippen LogP contribution in [0, 0.1) is 0 Å². The third-order valence-electron chi connectivity index (χ3n) is 3.64. The number of nitrogens with one attached hydrogen (secondary N) is 1. The van der Waals surface area contributed by atoms with Gasteiger partial charge in [0.1, 0.15) is 5.60 Å². The Morgan fingerprint density at radius 1 is 1.32 bits per heavy atom. The number of nitrogen functional groups attached to an aromatic ring is 1. The number of rotatable bonds is 4. The van der Waals surface area contributed by atoms with Gasteiger partial charge in [-0.25, -0.2) is 20.1 Å². The van der Waals surface area contributed by atoms with E-state index in [4.69, 9.17) is 16.3 Å². The number of anilines is 3. The van der Waals surface area contributed by atoms with Crippen LogP contribution in [0.25, 0.3) is 5.65 Å². The number of hydrogen-bond donors (Lipinski definition) is 3. The van der Waals surface area contributed by atoms with Crippen molar-refractivity contribution >= 4 is 44.9 Å². The number of amides is 1. The van der Waals surface area contributed by atoms with Crippen LogP contribution in [-0.2, 0) is 11.3 Å². The van der Waals surface area contributed by atoms with E-state index in [1.54, 1.807) is 43.6 Å². The number of nitrogens with zero attached hydrogens (tertiary/aromatic N) is 4. The van der Waals surface area contributed by atoms with E-state index in [1.165, 1.54) is 5.01 Å². The van der Waals surface area contributed by atoms with Gasteiger partial charge >= 0.3 is 6.09 Å². The Kier molecular flexibility index (Phi) is 5.43. The zero-order valence-electron chi connectivity index (χ0n) is 15.8. The van der Waals surface area contributed by atoms with Crippen molar-refractivity contribution in [1.82, 2.24) is 14.6 Å². The van der Waals surface area contributed by atoms with Crippen molar-refractivity contribution in [3.63, 3.8) is 0 Å². The molecule has 0 radical (unpaired) electrons. The van der Waals surface area contributed by atoms with Gasteiger partial charge in [0.15, 0.2) is 11.5 Å². The Balaban J connectivity index is 1.75. The number of ether oxygens (including phenoxy) is 1. The smallest absolute Gasteiger partial charge is 0.413 e. The van der Waals surface area contributed by atoms with Crippen LogP contribution >= 0.6 is 15.9 Å². The van der Waals surface area contributed by atoms with Crippen LogP contribution in [0.4, 0.5) is 22.0 Å². The molecule has 3 aromatic rings. The number of carbonyl (C=O) groups is 1. The zero-order chi connectivity index (χ0) is 20.5. The molecule has 0 fully saturated rings. The Morgan fingerprint density at radius 2 is 2.07 bits per heavy atom. The number of nitrogens with two attached hydrogens (primary N) is 2. The highest BCUT2D eigenvalue weighted by Crippen LogP contribution is 2.26. The van der Waals surface area contributed by atoms with Crippen molar-refractivity contribution in [2.24, 2.45) is 5.84 Å². The molecule has 0 aliphatic heterocycles. The third kappa shape index (κ3) is 4.90. The van der Waals surface area contributed by atoms with E-state index in [-0.39, 0.29) is 0 Å². The van der Waals surface area contributed by atoms with E-state index in [0.29, 0.717) is 35.1 Å². The van der Waals surface area contributed by atoms with E-state index < -0.39 is 11.7 Å². The molecule has 0 saturated heterocycles. The molecule has 0 atom stereocenters. The molecule has 148 valence electrons. The zero-order valence-corrected chi connectivity index (χ0v) is 17.4. The fourth-order valence-electron chi connectivity index (χ4n) is 2.50.